The van der Waals surface area contributed by atoms with Crippen molar-refractivity contribution in [2.75, 3.05) is 10.6 Å². The summed E-state index contributed by atoms with van der Waals surface area (Å²) in [7, 11) is 0. The fourth-order valence-corrected chi connectivity index (χ4v) is 4.49. The van der Waals surface area contributed by atoms with Gasteiger partial charge in [0.1, 0.15) is 11.2 Å². The van der Waals surface area contributed by atoms with Crippen LogP contribution in [0.2, 0.25) is 0 Å². The van der Waals surface area contributed by atoms with Gasteiger partial charge in [0.25, 0.3) is 0 Å². The summed E-state index contributed by atoms with van der Waals surface area (Å²) in [6.07, 6.45) is 6.34. The number of carbonyl (C=O) groups is 3. The molecule has 0 unspecified atom stereocenters. The second kappa shape index (κ2) is 15.3. The molecule has 46 heavy (non-hydrogen) atoms. The molecule has 10 heteroatoms. The molecule has 0 saturated carbocycles. The lowest BCUT2D eigenvalue weighted by Crippen LogP contribution is -2.27. The maximum atomic E-state index is 11.8. The van der Waals surface area contributed by atoms with E-state index in [2.05, 4.69) is 20.6 Å². The van der Waals surface area contributed by atoms with Crippen molar-refractivity contribution in [3.63, 3.8) is 0 Å². The fourth-order valence-electron chi connectivity index (χ4n) is 4.49. The van der Waals surface area contributed by atoms with Crippen LogP contribution in [0.4, 0.5) is 21.0 Å². The van der Waals surface area contributed by atoms with Gasteiger partial charge in [-0.1, -0.05) is 12.1 Å². The lowest BCUT2D eigenvalue weighted by atomic mass is 9.97. The van der Waals surface area contributed by atoms with Crippen molar-refractivity contribution in [1.82, 2.24) is 9.97 Å². The topological polar surface area (TPSA) is 140 Å². The van der Waals surface area contributed by atoms with Crippen LogP contribution >= 0.6 is 0 Å². The van der Waals surface area contributed by atoms with Crippen LogP contribution in [-0.2, 0) is 16.1 Å². The number of aryl methyl sites for hydroxylation is 2. The van der Waals surface area contributed by atoms with E-state index in [0.717, 1.165) is 45.2 Å². The Kier molecular flexibility index (Phi) is 11.7. The maximum Gasteiger partial charge on any atom is 0.412 e. The Labute approximate surface area is 270 Å². The number of amides is 2. The number of rotatable bonds is 6. The predicted octanol–water partition coefficient (Wildman–Crippen LogP) is 8.11. The number of benzene rings is 2. The average Bonchev–Trinajstić information content (AvgIpc) is 2.96. The highest BCUT2D eigenvalue weighted by Crippen LogP contribution is 2.29. The van der Waals surface area contributed by atoms with Gasteiger partial charge in [0.15, 0.2) is 6.29 Å². The first-order valence-electron chi connectivity index (χ1n) is 14.7. The second-order valence-electron chi connectivity index (χ2n) is 12.6. The second-order valence-corrected chi connectivity index (χ2v) is 12.6. The third-order valence-electron chi connectivity index (χ3n) is 6.38. The molecular weight excluding hydrogens is 584 g/mol. The third-order valence-corrected chi connectivity index (χ3v) is 6.38. The van der Waals surface area contributed by atoms with Crippen molar-refractivity contribution in [1.29, 1.82) is 0 Å². The minimum absolute atomic E-state index is 0.0689. The Bertz CT molecular complexity index is 1690. The Balaban J connectivity index is 0.000000250. The van der Waals surface area contributed by atoms with Gasteiger partial charge in [-0.25, -0.2) is 9.59 Å². The van der Waals surface area contributed by atoms with Crippen molar-refractivity contribution in [3.8, 4) is 22.3 Å². The SMILES string of the molecule is Cc1cc(NC(=O)OC(C)(C)C)ccc1-c1ccncc1C=O.Cc1cc(NC(=O)OC(C)(C)C)ccc1-c1ccncc1CO. The molecule has 2 aromatic carbocycles. The number of nitrogens with zero attached hydrogens (tertiary/aromatic N) is 2. The molecule has 10 nitrogen and oxygen atoms in total. The molecule has 0 aliphatic rings. The van der Waals surface area contributed by atoms with E-state index in [1.165, 1.54) is 6.20 Å². The Hall–Kier alpha value is -5.09. The first-order valence-corrected chi connectivity index (χ1v) is 14.7. The molecule has 2 heterocycles. The van der Waals surface area contributed by atoms with Gasteiger partial charge in [0, 0.05) is 47.3 Å². The Morgan fingerprint density at radius 2 is 1.17 bits per heavy atom. The number of hydrogen-bond acceptors (Lipinski definition) is 8. The highest BCUT2D eigenvalue weighted by molar-refractivity contribution is 5.90. The van der Waals surface area contributed by atoms with Crippen LogP contribution in [-0.4, -0.2) is 44.7 Å². The molecule has 4 rings (SSSR count). The fraction of sp³-hybridized carbons (Fsp3) is 0.306. The summed E-state index contributed by atoms with van der Waals surface area (Å²) in [4.78, 5) is 42.8. The van der Waals surface area contributed by atoms with Crippen molar-refractivity contribution < 1.29 is 29.0 Å². The predicted molar refractivity (Wildman–Crippen MR) is 180 cm³/mol. The number of carbonyl (C=O) groups excluding carboxylic acids is 3. The lowest BCUT2D eigenvalue weighted by Gasteiger charge is -2.20. The number of aldehydes is 1. The number of aromatic nitrogens is 2. The van der Waals surface area contributed by atoms with Crippen molar-refractivity contribution in [2.45, 2.75) is 73.2 Å². The van der Waals surface area contributed by atoms with E-state index in [9.17, 15) is 19.5 Å². The molecule has 0 atom stereocenters. The summed E-state index contributed by atoms with van der Waals surface area (Å²) >= 11 is 0. The molecule has 2 aromatic heterocycles. The first-order chi connectivity index (χ1) is 21.6. The molecule has 4 aromatic rings. The van der Waals surface area contributed by atoms with Crippen LogP contribution in [0.5, 0.6) is 0 Å². The summed E-state index contributed by atoms with van der Waals surface area (Å²) < 4.78 is 10.5. The number of hydrogen-bond donors (Lipinski definition) is 3. The number of aliphatic hydroxyl groups excluding tert-OH is 1. The van der Waals surface area contributed by atoms with Crippen molar-refractivity contribution in [2.24, 2.45) is 0 Å². The number of aliphatic hydroxyl groups is 1. The largest absolute Gasteiger partial charge is 0.444 e. The Morgan fingerprint density at radius 3 is 1.61 bits per heavy atom. The van der Waals surface area contributed by atoms with Crippen LogP contribution in [0.25, 0.3) is 22.3 Å². The molecule has 3 N–H and O–H groups in total. The van der Waals surface area contributed by atoms with Crippen molar-refractivity contribution in [3.05, 3.63) is 95.6 Å². The average molecular weight is 627 g/mol. The van der Waals surface area contributed by atoms with E-state index in [0.29, 0.717) is 16.9 Å². The highest BCUT2D eigenvalue weighted by Gasteiger charge is 2.18. The molecule has 242 valence electrons. The van der Waals surface area contributed by atoms with Gasteiger partial charge >= 0.3 is 12.2 Å². The van der Waals surface area contributed by atoms with Crippen LogP contribution < -0.4 is 10.6 Å². The van der Waals surface area contributed by atoms with Gasteiger partial charge < -0.3 is 14.6 Å². The zero-order valence-electron chi connectivity index (χ0n) is 27.6. The molecule has 0 bridgehead atoms. The molecule has 0 spiro atoms. The third kappa shape index (κ3) is 10.5. The zero-order chi connectivity index (χ0) is 34.1. The lowest BCUT2D eigenvalue weighted by molar-refractivity contribution is 0.0624. The van der Waals surface area contributed by atoms with Gasteiger partial charge in [0.05, 0.1) is 6.61 Å². The van der Waals surface area contributed by atoms with Gasteiger partial charge in [-0.15, -0.1) is 0 Å². The van der Waals surface area contributed by atoms with Crippen molar-refractivity contribution >= 4 is 29.8 Å². The molecule has 0 radical (unpaired) electrons. The van der Waals surface area contributed by atoms with E-state index in [1.807, 2.05) is 91.8 Å². The standard InChI is InChI=1S/C18H22N2O3.C18H20N2O3/c2*1-12-9-14(20-17(22)23-18(2,3)4)5-6-15(12)16-7-8-19-10-13(16)11-21/h5-10,21H,11H2,1-4H3,(H,20,22);5-11H,1-4H3,(H,20,22). The molecule has 0 fully saturated rings. The van der Waals surface area contributed by atoms with E-state index in [1.54, 1.807) is 30.7 Å². The van der Waals surface area contributed by atoms with E-state index >= 15 is 0 Å². The molecule has 0 aliphatic carbocycles. The molecule has 0 saturated heterocycles. The number of pyridine rings is 2. The van der Waals surface area contributed by atoms with E-state index < -0.39 is 23.4 Å². The van der Waals surface area contributed by atoms with E-state index in [-0.39, 0.29) is 6.61 Å². The molecule has 2 amide bonds. The van der Waals surface area contributed by atoms with Gasteiger partial charge in [-0.2, -0.15) is 0 Å². The number of ether oxygens (including phenoxy) is 2. The van der Waals surface area contributed by atoms with E-state index in [4.69, 9.17) is 9.47 Å². The summed E-state index contributed by atoms with van der Waals surface area (Å²) in [5, 5.41) is 14.9. The maximum absolute atomic E-state index is 11.8. The highest BCUT2D eigenvalue weighted by atomic mass is 16.6. The monoisotopic (exact) mass is 626 g/mol. The minimum Gasteiger partial charge on any atom is -0.444 e. The van der Waals surface area contributed by atoms with Crippen LogP contribution in [0, 0.1) is 13.8 Å². The Morgan fingerprint density at radius 1 is 0.717 bits per heavy atom. The zero-order valence-corrected chi connectivity index (χ0v) is 27.6. The molecule has 0 aliphatic heterocycles. The van der Waals surface area contributed by atoms with Gasteiger partial charge in [-0.05, 0) is 125 Å². The number of anilines is 2. The summed E-state index contributed by atoms with van der Waals surface area (Å²) in [6, 6.07) is 14.8. The number of nitrogens with one attached hydrogen (secondary N) is 2. The summed E-state index contributed by atoms with van der Waals surface area (Å²) in [5.74, 6) is 0. The summed E-state index contributed by atoms with van der Waals surface area (Å²) in [6.45, 7) is 14.7. The smallest absolute Gasteiger partial charge is 0.412 e. The van der Waals surface area contributed by atoms with Crippen LogP contribution in [0.15, 0.2) is 73.3 Å². The van der Waals surface area contributed by atoms with Gasteiger partial charge in [0.2, 0.25) is 0 Å². The van der Waals surface area contributed by atoms with Crippen LogP contribution in [0.1, 0.15) is 68.6 Å². The molecular formula is C36H42N4O6. The normalized spacial score (nSPS) is 11.1. The van der Waals surface area contributed by atoms with Crippen LogP contribution in [0.3, 0.4) is 0 Å². The quantitative estimate of drug-likeness (QED) is 0.182. The first kappa shape index (κ1) is 35.4. The summed E-state index contributed by atoms with van der Waals surface area (Å²) in [5.41, 5.74) is 7.11. The minimum atomic E-state index is -0.547. The van der Waals surface area contributed by atoms with Gasteiger partial charge in [-0.3, -0.25) is 25.4 Å².